The van der Waals surface area contributed by atoms with Gasteiger partial charge in [-0.15, -0.1) is 0 Å². The number of nitrogens with one attached hydrogen (secondary N) is 1. The van der Waals surface area contributed by atoms with Crippen LogP contribution < -0.4 is 5.32 Å². The monoisotopic (exact) mass is 248 g/mol. The highest BCUT2D eigenvalue weighted by atomic mass is 16.5. The van der Waals surface area contributed by atoms with Crippen LogP contribution in [0.4, 0.5) is 5.69 Å². The van der Waals surface area contributed by atoms with Crippen molar-refractivity contribution in [3.8, 4) is 0 Å². The summed E-state index contributed by atoms with van der Waals surface area (Å²) < 4.78 is 5.55. The van der Waals surface area contributed by atoms with E-state index in [9.17, 15) is 14.8 Å². The first-order valence-electron chi connectivity index (χ1n) is 5.23. The molecule has 94 valence electrons. The Bertz CT molecular complexity index is 630. The molecule has 0 saturated carbocycles. The predicted molar refractivity (Wildman–Crippen MR) is 64.8 cm³/mol. The van der Waals surface area contributed by atoms with Crippen LogP contribution in [-0.2, 0) is 9.53 Å². The fraction of sp³-hybridized carbons (Fsp3) is 0.167. The number of fused-ring (bicyclic) bond motifs is 1. The lowest BCUT2D eigenvalue weighted by Gasteiger charge is -2.07. The van der Waals surface area contributed by atoms with E-state index in [4.69, 9.17) is 0 Å². The van der Waals surface area contributed by atoms with Crippen molar-refractivity contribution in [2.75, 3.05) is 12.4 Å². The summed E-state index contributed by atoms with van der Waals surface area (Å²) in [4.78, 5) is 22.7. The SMILES string of the molecule is COC(=O)c1cc(NC(C)=O)cc2c1ccn2O. The molecular formula is C12H12N2O4. The third-order valence-corrected chi connectivity index (χ3v) is 2.51. The zero-order chi connectivity index (χ0) is 13.3. The van der Waals surface area contributed by atoms with E-state index in [2.05, 4.69) is 10.1 Å². The van der Waals surface area contributed by atoms with Crippen LogP contribution in [0.25, 0.3) is 10.9 Å². The lowest BCUT2D eigenvalue weighted by atomic mass is 10.1. The topological polar surface area (TPSA) is 80.6 Å². The number of hydrogen-bond donors (Lipinski definition) is 2. The Morgan fingerprint density at radius 3 is 2.72 bits per heavy atom. The first-order chi connectivity index (χ1) is 8.52. The van der Waals surface area contributed by atoms with Gasteiger partial charge >= 0.3 is 5.97 Å². The van der Waals surface area contributed by atoms with Crippen molar-refractivity contribution in [2.45, 2.75) is 6.92 Å². The van der Waals surface area contributed by atoms with E-state index in [0.29, 0.717) is 16.6 Å². The minimum absolute atomic E-state index is 0.263. The summed E-state index contributed by atoms with van der Waals surface area (Å²) in [6.07, 6.45) is 1.41. The van der Waals surface area contributed by atoms with Crippen LogP contribution in [0.5, 0.6) is 0 Å². The number of amides is 1. The van der Waals surface area contributed by atoms with Gasteiger partial charge in [0.05, 0.1) is 18.2 Å². The number of nitrogens with zero attached hydrogens (tertiary/aromatic N) is 1. The van der Waals surface area contributed by atoms with Crippen molar-refractivity contribution in [2.24, 2.45) is 0 Å². The number of carbonyl (C=O) groups is 2. The van der Waals surface area contributed by atoms with Crippen molar-refractivity contribution in [1.82, 2.24) is 4.73 Å². The van der Waals surface area contributed by atoms with Crippen LogP contribution in [0.2, 0.25) is 0 Å². The van der Waals surface area contributed by atoms with Crippen LogP contribution >= 0.6 is 0 Å². The van der Waals surface area contributed by atoms with E-state index >= 15 is 0 Å². The first kappa shape index (κ1) is 12.0. The highest BCUT2D eigenvalue weighted by molar-refractivity contribution is 6.06. The number of benzene rings is 1. The minimum atomic E-state index is -0.529. The molecule has 0 fully saturated rings. The fourth-order valence-corrected chi connectivity index (χ4v) is 1.78. The molecule has 0 aliphatic carbocycles. The molecule has 0 saturated heterocycles. The fourth-order valence-electron chi connectivity index (χ4n) is 1.78. The number of anilines is 1. The average molecular weight is 248 g/mol. The molecule has 0 aliphatic heterocycles. The molecule has 0 atom stereocenters. The molecular weight excluding hydrogens is 236 g/mol. The van der Waals surface area contributed by atoms with Gasteiger partial charge in [0.1, 0.15) is 0 Å². The zero-order valence-electron chi connectivity index (χ0n) is 9.93. The normalized spacial score (nSPS) is 10.3. The predicted octanol–water partition coefficient (Wildman–Crippen LogP) is 1.62. The van der Waals surface area contributed by atoms with Gasteiger partial charge in [-0.05, 0) is 18.2 Å². The largest absolute Gasteiger partial charge is 0.465 e. The number of rotatable bonds is 2. The van der Waals surface area contributed by atoms with Crippen molar-refractivity contribution in [1.29, 1.82) is 0 Å². The van der Waals surface area contributed by atoms with Gasteiger partial charge in [0, 0.05) is 24.2 Å². The second kappa shape index (κ2) is 4.40. The third-order valence-electron chi connectivity index (χ3n) is 2.51. The first-order valence-corrected chi connectivity index (χ1v) is 5.23. The Balaban J connectivity index is 2.65. The number of hydrogen-bond acceptors (Lipinski definition) is 4. The van der Waals surface area contributed by atoms with E-state index < -0.39 is 5.97 Å². The van der Waals surface area contributed by atoms with Gasteiger partial charge in [-0.1, -0.05) is 0 Å². The van der Waals surface area contributed by atoms with E-state index in [1.54, 1.807) is 12.1 Å². The zero-order valence-corrected chi connectivity index (χ0v) is 9.93. The molecule has 0 spiro atoms. The Hall–Kier alpha value is -2.50. The standard InChI is InChI=1S/C12H12N2O4/c1-7(15)13-8-5-10(12(16)18-2)9-3-4-14(17)11(9)6-8/h3-6,17H,1-2H3,(H,13,15). The molecule has 2 rings (SSSR count). The van der Waals surface area contributed by atoms with Crippen molar-refractivity contribution in [3.05, 3.63) is 30.0 Å². The molecule has 1 heterocycles. The van der Waals surface area contributed by atoms with Gasteiger partial charge in [0.25, 0.3) is 0 Å². The van der Waals surface area contributed by atoms with E-state index in [-0.39, 0.29) is 11.5 Å². The summed E-state index contributed by atoms with van der Waals surface area (Å²) in [6.45, 7) is 1.36. The molecule has 6 nitrogen and oxygen atoms in total. The van der Waals surface area contributed by atoms with Crippen LogP contribution in [0, 0.1) is 0 Å². The molecule has 1 aromatic heterocycles. The number of esters is 1. The molecule has 1 aromatic carbocycles. The maximum Gasteiger partial charge on any atom is 0.338 e. The number of carbonyl (C=O) groups excluding carboxylic acids is 2. The molecule has 2 N–H and O–H groups in total. The molecule has 6 heteroatoms. The van der Waals surface area contributed by atoms with E-state index in [1.165, 1.54) is 26.3 Å². The number of ether oxygens (including phenoxy) is 1. The van der Waals surface area contributed by atoms with E-state index in [1.807, 2.05) is 0 Å². The summed E-state index contributed by atoms with van der Waals surface area (Å²) in [5, 5.41) is 12.7. The molecule has 18 heavy (non-hydrogen) atoms. The maximum atomic E-state index is 11.6. The van der Waals surface area contributed by atoms with E-state index in [0.717, 1.165) is 4.73 Å². The summed E-state index contributed by atoms with van der Waals surface area (Å²) >= 11 is 0. The van der Waals surface area contributed by atoms with Crippen molar-refractivity contribution >= 4 is 28.5 Å². The second-order valence-corrected chi connectivity index (χ2v) is 3.79. The number of aromatic nitrogens is 1. The summed E-state index contributed by atoms with van der Waals surface area (Å²) in [5.41, 5.74) is 1.12. The van der Waals surface area contributed by atoms with Crippen LogP contribution in [0.1, 0.15) is 17.3 Å². The molecule has 0 radical (unpaired) electrons. The number of methoxy groups -OCH3 is 1. The van der Waals surface area contributed by atoms with Gasteiger partial charge < -0.3 is 15.3 Å². The van der Waals surface area contributed by atoms with Crippen molar-refractivity contribution in [3.63, 3.8) is 0 Å². The molecule has 1 amide bonds. The van der Waals surface area contributed by atoms with Crippen LogP contribution in [0.15, 0.2) is 24.4 Å². The third kappa shape index (κ3) is 2.00. The highest BCUT2D eigenvalue weighted by Gasteiger charge is 2.15. The second-order valence-electron chi connectivity index (χ2n) is 3.79. The Morgan fingerprint density at radius 2 is 2.11 bits per heavy atom. The highest BCUT2D eigenvalue weighted by Crippen LogP contribution is 2.25. The van der Waals surface area contributed by atoms with Gasteiger partial charge in [0.15, 0.2) is 0 Å². The summed E-state index contributed by atoms with van der Waals surface area (Å²) in [7, 11) is 1.27. The molecule has 2 aromatic rings. The van der Waals surface area contributed by atoms with Gasteiger partial charge in [-0.25, -0.2) is 4.79 Å². The van der Waals surface area contributed by atoms with Crippen LogP contribution in [0.3, 0.4) is 0 Å². The lowest BCUT2D eigenvalue weighted by Crippen LogP contribution is -2.08. The van der Waals surface area contributed by atoms with Crippen LogP contribution in [-0.4, -0.2) is 28.9 Å². The smallest absolute Gasteiger partial charge is 0.338 e. The van der Waals surface area contributed by atoms with Gasteiger partial charge in [0.2, 0.25) is 5.91 Å². The van der Waals surface area contributed by atoms with Crippen molar-refractivity contribution < 1.29 is 19.5 Å². The lowest BCUT2D eigenvalue weighted by molar-refractivity contribution is -0.114. The molecule has 0 unspecified atom stereocenters. The maximum absolute atomic E-state index is 11.6. The molecule has 0 aliphatic rings. The average Bonchev–Trinajstić information content (AvgIpc) is 2.69. The summed E-state index contributed by atoms with van der Waals surface area (Å²) in [6, 6.07) is 4.68. The Morgan fingerprint density at radius 1 is 1.39 bits per heavy atom. The van der Waals surface area contributed by atoms with Gasteiger partial charge in [-0.3, -0.25) is 4.79 Å². The van der Waals surface area contributed by atoms with Gasteiger partial charge in [-0.2, -0.15) is 4.73 Å². The summed E-state index contributed by atoms with van der Waals surface area (Å²) in [5.74, 6) is -0.792. The quantitative estimate of drug-likeness (QED) is 0.625. The minimum Gasteiger partial charge on any atom is -0.465 e. The Kier molecular flexibility index (Phi) is 2.93. The Labute approximate surface area is 103 Å². The molecule has 0 bridgehead atoms.